The minimum atomic E-state index is -1.79. The van der Waals surface area contributed by atoms with Gasteiger partial charge in [0.2, 0.25) is 5.91 Å². The number of ether oxygens (including phenoxy) is 4. The summed E-state index contributed by atoms with van der Waals surface area (Å²) in [6, 6.07) is -0.938. The molecule has 2 heterocycles. The largest absolute Gasteiger partial charge is 0.394 e. The molecule has 2 aliphatic rings. The molecule has 0 radical (unpaired) electrons. The Hall–Kier alpha value is -2.05. The lowest BCUT2D eigenvalue weighted by atomic mass is 9.97. The SMILES string of the molecule is CCCCCCCCCC/C=C\CCCCCCCCCCCCCCCCCCCCCCCCCC(=O)NC(COC1OC(CO)C(OC2OC(CO)C(O)C(O)C2O)C(O)C1O)C(O)/C=C/CC/C=C/CC/C=C/CCCCCCCCCC. The van der Waals surface area contributed by atoms with E-state index in [4.69, 9.17) is 18.9 Å². The number of carbonyl (C=O) groups excluding carboxylic acids is 1. The molecule has 0 bridgehead atoms. The van der Waals surface area contributed by atoms with Gasteiger partial charge in [-0.2, -0.15) is 0 Å². The second-order valence-electron chi connectivity index (χ2n) is 25.7. The third-order valence-corrected chi connectivity index (χ3v) is 17.7. The number of unbranched alkanes of at least 4 members (excludes halogenated alkanes) is 41. The number of allylic oxidation sites excluding steroid dienone is 7. The van der Waals surface area contributed by atoms with Gasteiger partial charge >= 0.3 is 0 Å². The highest BCUT2D eigenvalue weighted by Crippen LogP contribution is 2.30. The first-order chi connectivity index (χ1) is 42.6. The van der Waals surface area contributed by atoms with Crippen LogP contribution in [0.15, 0.2) is 48.6 Å². The van der Waals surface area contributed by atoms with E-state index in [2.05, 4.69) is 55.6 Å². The van der Waals surface area contributed by atoms with Crippen LogP contribution in [0.25, 0.3) is 0 Å². The zero-order valence-electron chi connectivity index (χ0n) is 55.5. The Morgan fingerprint density at radius 3 is 1.13 bits per heavy atom. The van der Waals surface area contributed by atoms with Crippen LogP contribution in [0.4, 0.5) is 0 Å². The van der Waals surface area contributed by atoms with Gasteiger partial charge in [0.15, 0.2) is 12.6 Å². The van der Waals surface area contributed by atoms with E-state index < -0.39 is 86.8 Å². The van der Waals surface area contributed by atoms with Crippen LogP contribution in [-0.2, 0) is 23.7 Å². The van der Waals surface area contributed by atoms with Gasteiger partial charge in [-0.25, -0.2) is 0 Å². The van der Waals surface area contributed by atoms with Crippen molar-refractivity contribution in [2.45, 2.75) is 389 Å². The number of rotatable bonds is 60. The monoisotopic (exact) mass is 1230 g/mol. The predicted molar refractivity (Wildman–Crippen MR) is 355 cm³/mol. The van der Waals surface area contributed by atoms with Gasteiger partial charge in [-0.15, -0.1) is 0 Å². The van der Waals surface area contributed by atoms with E-state index in [9.17, 15) is 45.6 Å². The summed E-state index contributed by atoms with van der Waals surface area (Å²) in [4.78, 5) is 13.3. The number of amides is 1. The molecule has 0 aromatic rings. The van der Waals surface area contributed by atoms with Crippen molar-refractivity contribution in [2.75, 3.05) is 19.8 Å². The Labute approximate surface area is 531 Å². The summed E-state index contributed by atoms with van der Waals surface area (Å²) in [6.45, 7) is 2.80. The lowest BCUT2D eigenvalue weighted by Crippen LogP contribution is -2.65. The summed E-state index contributed by atoms with van der Waals surface area (Å²) >= 11 is 0. The van der Waals surface area contributed by atoms with Crippen molar-refractivity contribution in [2.24, 2.45) is 0 Å². The first-order valence-corrected chi connectivity index (χ1v) is 36.4. The van der Waals surface area contributed by atoms with E-state index in [-0.39, 0.29) is 18.9 Å². The highest BCUT2D eigenvalue weighted by molar-refractivity contribution is 5.76. The molecule has 510 valence electrons. The molecule has 1 amide bonds. The van der Waals surface area contributed by atoms with Crippen LogP contribution in [0.2, 0.25) is 0 Å². The molecule has 2 rings (SSSR count). The third-order valence-electron chi connectivity index (χ3n) is 17.7. The maximum absolute atomic E-state index is 13.3. The van der Waals surface area contributed by atoms with Crippen molar-refractivity contribution in [3.05, 3.63) is 48.6 Å². The van der Waals surface area contributed by atoms with Gasteiger partial charge in [0, 0.05) is 6.42 Å². The molecule has 2 saturated heterocycles. The van der Waals surface area contributed by atoms with Crippen molar-refractivity contribution >= 4 is 5.91 Å². The van der Waals surface area contributed by atoms with Crippen LogP contribution in [0, 0.1) is 0 Å². The molecule has 9 N–H and O–H groups in total. The minimum absolute atomic E-state index is 0.248. The fraction of sp³-hybridized carbons (Fsp3) is 0.877. The number of carbonyl (C=O) groups is 1. The van der Waals surface area contributed by atoms with Gasteiger partial charge in [-0.3, -0.25) is 4.79 Å². The first kappa shape index (κ1) is 81.0. The normalized spacial score (nSPS) is 23.5. The van der Waals surface area contributed by atoms with E-state index in [1.54, 1.807) is 6.08 Å². The van der Waals surface area contributed by atoms with Crippen molar-refractivity contribution in [1.82, 2.24) is 5.32 Å². The van der Waals surface area contributed by atoms with E-state index in [0.717, 1.165) is 44.9 Å². The average molecular weight is 1230 g/mol. The standard InChI is InChI=1S/C73H135NO13/c1-3-5-7-9-11-13-15-17-19-21-23-24-25-26-27-28-29-30-31-32-33-34-35-36-37-38-39-41-43-45-47-49-51-53-55-57-65(78)74-61(62(77)56-54-52-50-48-46-44-42-40-22-20-18-16-14-12-10-8-6-4-2)60-84-72-70(83)68(81)71(64(59-76)86-72)87-73-69(82)67(80)66(79)63(58-75)85-73/h21-23,40,46,48,54,56,61-64,66-73,75-77,79-83H,3-20,24-39,41-45,47,49-53,55,57-60H2,1-2H3,(H,74,78)/b23-21-,40-22+,48-46+,56-54+. The van der Waals surface area contributed by atoms with Crippen LogP contribution >= 0.6 is 0 Å². The number of hydrogen-bond acceptors (Lipinski definition) is 13. The molecule has 0 aromatic carbocycles. The first-order valence-electron chi connectivity index (χ1n) is 36.4. The smallest absolute Gasteiger partial charge is 0.220 e. The molecule has 87 heavy (non-hydrogen) atoms. The second kappa shape index (κ2) is 57.8. The van der Waals surface area contributed by atoms with Crippen molar-refractivity contribution in [3.8, 4) is 0 Å². The van der Waals surface area contributed by atoms with Gasteiger partial charge in [0.25, 0.3) is 0 Å². The molecule has 0 spiro atoms. The lowest BCUT2D eigenvalue weighted by molar-refractivity contribution is -0.359. The van der Waals surface area contributed by atoms with Crippen molar-refractivity contribution < 1.29 is 64.6 Å². The van der Waals surface area contributed by atoms with Crippen LogP contribution in [0.1, 0.15) is 316 Å². The Morgan fingerprint density at radius 2 is 0.736 bits per heavy atom. The number of aliphatic hydroxyl groups excluding tert-OH is 8. The molecule has 0 aromatic heterocycles. The van der Waals surface area contributed by atoms with Crippen molar-refractivity contribution in [1.29, 1.82) is 0 Å². The maximum atomic E-state index is 13.3. The molecular formula is C73H135NO13. The number of nitrogens with one attached hydrogen (secondary N) is 1. The fourth-order valence-corrected chi connectivity index (χ4v) is 11.9. The van der Waals surface area contributed by atoms with Crippen LogP contribution < -0.4 is 5.32 Å². The summed E-state index contributed by atoms with van der Waals surface area (Å²) < 4.78 is 22.8. The zero-order chi connectivity index (χ0) is 63.1. The Kier molecular flexibility index (Phi) is 53.9. The van der Waals surface area contributed by atoms with Gasteiger partial charge < -0.3 is 65.1 Å². The maximum Gasteiger partial charge on any atom is 0.220 e. The molecule has 14 heteroatoms. The Morgan fingerprint density at radius 1 is 0.402 bits per heavy atom. The number of hydrogen-bond donors (Lipinski definition) is 9. The molecule has 2 fully saturated rings. The summed E-state index contributed by atoms with van der Waals surface area (Å²) in [6.07, 6.45) is 59.1. The summed E-state index contributed by atoms with van der Waals surface area (Å²) in [5.74, 6) is -0.248. The topological polar surface area (TPSA) is 228 Å². The van der Waals surface area contributed by atoms with Crippen LogP contribution in [0.3, 0.4) is 0 Å². The van der Waals surface area contributed by atoms with E-state index in [0.29, 0.717) is 12.8 Å². The second-order valence-corrected chi connectivity index (χ2v) is 25.7. The van der Waals surface area contributed by atoms with Crippen molar-refractivity contribution in [3.63, 3.8) is 0 Å². The van der Waals surface area contributed by atoms with Gasteiger partial charge in [0.05, 0.1) is 32.0 Å². The Balaban J connectivity index is 1.62. The van der Waals surface area contributed by atoms with Crippen LogP contribution in [-0.4, -0.2) is 140 Å². The molecule has 12 atom stereocenters. The summed E-state index contributed by atoms with van der Waals surface area (Å²) in [5, 5.41) is 87.3. The average Bonchev–Trinajstić information content (AvgIpc) is 3.71. The predicted octanol–water partition coefficient (Wildman–Crippen LogP) is 15.1. The quantitative estimate of drug-likeness (QED) is 0.0204. The summed E-state index contributed by atoms with van der Waals surface area (Å²) in [5.41, 5.74) is 0. The third kappa shape index (κ3) is 41.9. The number of aliphatic hydroxyl groups is 8. The molecular weight excluding hydrogens is 1100 g/mol. The molecule has 0 aliphatic carbocycles. The molecule has 0 saturated carbocycles. The van der Waals surface area contributed by atoms with E-state index in [1.165, 1.54) is 238 Å². The Bertz CT molecular complexity index is 1640. The lowest BCUT2D eigenvalue weighted by Gasteiger charge is -2.46. The van der Waals surface area contributed by atoms with Gasteiger partial charge in [0.1, 0.15) is 48.8 Å². The van der Waals surface area contributed by atoms with Gasteiger partial charge in [-0.1, -0.05) is 287 Å². The summed E-state index contributed by atoms with van der Waals surface area (Å²) in [7, 11) is 0. The van der Waals surface area contributed by atoms with Crippen LogP contribution in [0.5, 0.6) is 0 Å². The van der Waals surface area contributed by atoms with Gasteiger partial charge in [-0.05, 0) is 70.6 Å². The molecule has 12 unspecified atom stereocenters. The zero-order valence-corrected chi connectivity index (χ0v) is 55.5. The van der Waals surface area contributed by atoms with E-state index in [1.807, 2.05) is 6.08 Å². The molecule has 14 nitrogen and oxygen atoms in total. The van der Waals surface area contributed by atoms with E-state index >= 15 is 0 Å². The highest BCUT2D eigenvalue weighted by atomic mass is 16.7. The highest BCUT2D eigenvalue weighted by Gasteiger charge is 2.51. The minimum Gasteiger partial charge on any atom is -0.394 e. The molecule has 2 aliphatic heterocycles. The fourth-order valence-electron chi connectivity index (χ4n) is 11.9.